The molecule has 0 saturated heterocycles. The average molecular weight is 407 g/mol. The first-order chi connectivity index (χ1) is 15.2. The van der Waals surface area contributed by atoms with Crippen LogP contribution in [0.4, 0.5) is 0 Å². The minimum Gasteiger partial charge on any atom is -0.356 e. The van der Waals surface area contributed by atoms with Crippen molar-refractivity contribution in [2.75, 3.05) is 0 Å². The Labute approximate surface area is 179 Å². The predicted octanol–water partition coefficient (Wildman–Crippen LogP) is 3.95. The Kier molecular flexibility index (Phi) is 3.96. The molecule has 3 heterocycles. The fourth-order valence-corrected chi connectivity index (χ4v) is 5.04. The minimum absolute atomic E-state index is 0.0789. The van der Waals surface area contributed by atoms with Gasteiger partial charge in [-0.05, 0) is 28.8 Å². The van der Waals surface area contributed by atoms with E-state index in [9.17, 15) is 9.59 Å². The summed E-state index contributed by atoms with van der Waals surface area (Å²) in [5.41, 5.74) is 5.86. The Morgan fingerprint density at radius 3 is 2.58 bits per heavy atom. The summed E-state index contributed by atoms with van der Waals surface area (Å²) in [6, 6.07) is 24.8. The normalized spacial score (nSPS) is 19.1. The molecule has 0 spiro atoms. The van der Waals surface area contributed by atoms with E-state index in [-0.39, 0.29) is 17.9 Å². The lowest BCUT2D eigenvalue weighted by molar-refractivity contribution is -0.126. The third kappa shape index (κ3) is 2.70. The number of aromatic amines is 1. The molecule has 4 aromatic rings. The first kappa shape index (κ1) is 18.0. The third-order valence-electron chi connectivity index (χ3n) is 6.46. The molecule has 2 amide bonds. The zero-order valence-electron chi connectivity index (χ0n) is 16.8. The summed E-state index contributed by atoms with van der Waals surface area (Å²) in [5, 5.41) is 4.18. The number of benzene rings is 3. The van der Waals surface area contributed by atoms with Gasteiger partial charge in [0.1, 0.15) is 6.04 Å². The van der Waals surface area contributed by atoms with Crippen LogP contribution in [-0.2, 0) is 17.8 Å². The van der Waals surface area contributed by atoms with Crippen molar-refractivity contribution in [1.82, 2.24) is 15.2 Å². The first-order valence-corrected chi connectivity index (χ1v) is 10.5. The largest absolute Gasteiger partial charge is 0.356 e. The van der Waals surface area contributed by atoms with Gasteiger partial charge in [-0.25, -0.2) is 0 Å². The number of carbonyl (C=O) groups is 2. The van der Waals surface area contributed by atoms with Crippen molar-refractivity contribution in [3.8, 4) is 0 Å². The summed E-state index contributed by atoms with van der Waals surface area (Å²) in [4.78, 5) is 32.0. The van der Waals surface area contributed by atoms with Crippen LogP contribution in [0.25, 0.3) is 10.9 Å². The van der Waals surface area contributed by atoms with Crippen LogP contribution in [-0.4, -0.2) is 27.7 Å². The van der Waals surface area contributed by atoms with Crippen LogP contribution in [0.15, 0.2) is 78.9 Å². The maximum Gasteiger partial charge on any atom is 0.255 e. The molecule has 6 rings (SSSR count). The van der Waals surface area contributed by atoms with E-state index in [2.05, 4.69) is 16.4 Å². The molecule has 2 atom stereocenters. The van der Waals surface area contributed by atoms with E-state index >= 15 is 0 Å². The van der Waals surface area contributed by atoms with Gasteiger partial charge in [0.15, 0.2) is 0 Å². The van der Waals surface area contributed by atoms with Crippen molar-refractivity contribution >= 4 is 22.7 Å². The van der Waals surface area contributed by atoms with E-state index in [1.165, 1.54) is 0 Å². The van der Waals surface area contributed by atoms with Crippen molar-refractivity contribution in [2.24, 2.45) is 0 Å². The van der Waals surface area contributed by atoms with Crippen LogP contribution in [0.3, 0.4) is 0 Å². The standard InChI is InChI=1S/C26H21N3O2/c30-25(27-15-16-8-2-1-3-9-16)22-14-20-17-10-6-7-13-21(17)28-23(20)24-18-11-4-5-12-19(18)26(31)29(22)24/h1-13,22,24,28H,14-15H2,(H,27,30)/t22-,24?/m0/s1. The lowest BCUT2D eigenvalue weighted by atomic mass is 9.90. The second-order valence-corrected chi connectivity index (χ2v) is 8.19. The van der Waals surface area contributed by atoms with E-state index in [4.69, 9.17) is 0 Å². The molecule has 2 aliphatic rings. The van der Waals surface area contributed by atoms with Crippen LogP contribution >= 0.6 is 0 Å². The fraction of sp³-hybridized carbons (Fsp3) is 0.154. The quantitative estimate of drug-likeness (QED) is 0.540. The first-order valence-electron chi connectivity index (χ1n) is 10.5. The Bertz CT molecular complexity index is 1330. The summed E-state index contributed by atoms with van der Waals surface area (Å²) in [6.45, 7) is 0.441. The number of fused-ring (bicyclic) bond motifs is 7. The Balaban J connectivity index is 1.43. The van der Waals surface area contributed by atoms with E-state index in [0.717, 1.165) is 33.3 Å². The highest BCUT2D eigenvalue weighted by Crippen LogP contribution is 2.46. The number of amides is 2. The van der Waals surface area contributed by atoms with Crippen molar-refractivity contribution in [3.05, 3.63) is 107 Å². The zero-order chi connectivity index (χ0) is 20.9. The van der Waals surface area contributed by atoms with Crippen molar-refractivity contribution in [1.29, 1.82) is 0 Å². The Hall–Kier alpha value is -3.86. The second kappa shape index (κ2) is 6.84. The molecular formula is C26H21N3O2. The summed E-state index contributed by atoms with van der Waals surface area (Å²) >= 11 is 0. The summed E-state index contributed by atoms with van der Waals surface area (Å²) in [5.74, 6) is -0.198. The molecular weight excluding hydrogens is 386 g/mol. The lowest BCUT2D eigenvalue weighted by Gasteiger charge is -2.37. The second-order valence-electron chi connectivity index (χ2n) is 8.19. The molecule has 0 radical (unpaired) electrons. The number of hydrogen-bond donors (Lipinski definition) is 2. The van der Waals surface area contributed by atoms with Crippen molar-refractivity contribution < 1.29 is 9.59 Å². The molecule has 5 nitrogen and oxygen atoms in total. The van der Waals surface area contributed by atoms with E-state index in [1.807, 2.05) is 72.8 Å². The molecule has 1 aromatic heterocycles. The smallest absolute Gasteiger partial charge is 0.255 e. The molecule has 2 N–H and O–H groups in total. The molecule has 31 heavy (non-hydrogen) atoms. The lowest BCUT2D eigenvalue weighted by Crippen LogP contribution is -2.52. The van der Waals surface area contributed by atoms with Crippen LogP contribution in [0.2, 0.25) is 0 Å². The molecule has 0 aliphatic carbocycles. The molecule has 152 valence electrons. The number of rotatable bonds is 3. The van der Waals surface area contributed by atoms with E-state index in [0.29, 0.717) is 18.5 Å². The number of aromatic nitrogens is 1. The van der Waals surface area contributed by atoms with Gasteiger partial charge in [0.2, 0.25) is 5.91 Å². The van der Waals surface area contributed by atoms with Gasteiger partial charge >= 0.3 is 0 Å². The van der Waals surface area contributed by atoms with E-state index in [1.54, 1.807) is 4.90 Å². The highest BCUT2D eigenvalue weighted by atomic mass is 16.2. The average Bonchev–Trinajstić information content (AvgIpc) is 3.33. The molecule has 1 unspecified atom stereocenters. The zero-order valence-corrected chi connectivity index (χ0v) is 16.8. The molecule has 0 bridgehead atoms. The maximum absolute atomic E-state index is 13.4. The number of hydrogen-bond acceptors (Lipinski definition) is 2. The summed E-state index contributed by atoms with van der Waals surface area (Å²) in [7, 11) is 0. The van der Waals surface area contributed by atoms with Gasteiger partial charge in [-0.15, -0.1) is 0 Å². The topological polar surface area (TPSA) is 65.2 Å². The number of H-pyrrole nitrogens is 1. The highest BCUT2D eigenvalue weighted by Gasteiger charge is 2.48. The van der Waals surface area contributed by atoms with Gasteiger partial charge in [-0.1, -0.05) is 66.7 Å². The molecule has 2 aliphatic heterocycles. The van der Waals surface area contributed by atoms with Gasteiger partial charge in [0.25, 0.3) is 5.91 Å². The number of para-hydroxylation sites is 1. The SMILES string of the molecule is O=C(NCc1ccccc1)[C@@H]1Cc2c([nH]c3ccccc23)C2c3ccccc3C(=O)N21. The van der Waals surface area contributed by atoms with Crippen LogP contribution in [0.1, 0.15) is 38.8 Å². The fourth-order valence-electron chi connectivity index (χ4n) is 5.04. The van der Waals surface area contributed by atoms with Gasteiger partial charge in [-0.2, -0.15) is 0 Å². The predicted molar refractivity (Wildman–Crippen MR) is 119 cm³/mol. The number of carbonyl (C=O) groups excluding carboxylic acids is 2. The molecule has 5 heteroatoms. The Morgan fingerprint density at radius 1 is 0.968 bits per heavy atom. The molecule has 3 aromatic carbocycles. The van der Waals surface area contributed by atoms with E-state index < -0.39 is 6.04 Å². The van der Waals surface area contributed by atoms with Gasteiger partial charge in [0.05, 0.1) is 6.04 Å². The molecule has 0 fully saturated rings. The van der Waals surface area contributed by atoms with Gasteiger partial charge < -0.3 is 15.2 Å². The Morgan fingerprint density at radius 2 is 1.71 bits per heavy atom. The van der Waals surface area contributed by atoms with Gasteiger partial charge in [-0.3, -0.25) is 9.59 Å². The van der Waals surface area contributed by atoms with Crippen molar-refractivity contribution in [2.45, 2.75) is 25.0 Å². The number of nitrogens with zero attached hydrogens (tertiary/aromatic N) is 1. The minimum atomic E-state index is -0.555. The van der Waals surface area contributed by atoms with Crippen LogP contribution in [0.5, 0.6) is 0 Å². The summed E-state index contributed by atoms with van der Waals surface area (Å²) in [6.07, 6.45) is 0.496. The van der Waals surface area contributed by atoms with Crippen LogP contribution in [0, 0.1) is 0 Å². The van der Waals surface area contributed by atoms with Gasteiger partial charge in [0, 0.05) is 35.1 Å². The van der Waals surface area contributed by atoms with Crippen molar-refractivity contribution in [3.63, 3.8) is 0 Å². The maximum atomic E-state index is 13.4. The molecule has 0 saturated carbocycles. The monoisotopic (exact) mass is 407 g/mol. The van der Waals surface area contributed by atoms with Crippen LogP contribution < -0.4 is 5.32 Å². The summed E-state index contributed by atoms with van der Waals surface area (Å²) < 4.78 is 0. The highest BCUT2D eigenvalue weighted by molar-refractivity contribution is 6.03. The third-order valence-corrected chi connectivity index (χ3v) is 6.46. The number of nitrogens with one attached hydrogen (secondary N) is 2.